The van der Waals surface area contributed by atoms with Crippen LogP contribution in [0.5, 0.6) is 5.75 Å². The molecule has 1 aromatic rings. The summed E-state index contributed by atoms with van der Waals surface area (Å²) in [5, 5.41) is 0.674. The molecule has 0 aliphatic carbocycles. The number of esters is 1. The van der Waals surface area contributed by atoms with Crippen molar-refractivity contribution in [1.82, 2.24) is 0 Å². The van der Waals surface area contributed by atoms with Crippen LogP contribution >= 0.6 is 11.6 Å². The molecule has 0 amide bonds. The normalized spacial score (nSPS) is 11.5. The van der Waals surface area contributed by atoms with Crippen LogP contribution in [0, 0.1) is 5.41 Å². The van der Waals surface area contributed by atoms with Crippen molar-refractivity contribution in [1.29, 1.82) is 0 Å². The first kappa shape index (κ1) is 15.8. The Kier molecular flexibility index (Phi) is 5.67. The van der Waals surface area contributed by atoms with Crippen molar-refractivity contribution in [3.63, 3.8) is 0 Å². The summed E-state index contributed by atoms with van der Waals surface area (Å²) in [4.78, 5) is 11.9. The Morgan fingerprint density at radius 3 is 2.37 bits per heavy atom. The third-order valence-corrected chi connectivity index (χ3v) is 2.96. The van der Waals surface area contributed by atoms with Gasteiger partial charge in [0.2, 0.25) is 0 Å². The summed E-state index contributed by atoms with van der Waals surface area (Å²) in [5.41, 5.74) is -0.545. The van der Waals surface area contributed by atoms with Gasteiger partial charge >= 0.3 is 5.97 Å². The molecule has 0 atom stereocenters. The second-order valence-electron chi connectivity index (χ2n) is 5.39. The number of rotatable bonds is 6. The smallest absolute Gasteiger partial charge is 0.311 e. The predicted octanol–water partition coefficient (Wildman–Crippen LogP) is 4.09. The molecular weight excluding hydrogens is 264 g/mol. The monoisotopic (exact) mass is 284 g/mol. The molecule has 0 N–H and O–H groups in total. The molecule has 4 heteroatoms. The number of benzene rings is 1. The topological polar surface area (TPSA) is 35.5 Å². The summed E-state index contributed by atoms with van der Waals surface area (Å²) in [6.07, 6.45) is 0.505. The Bertz CT molecular complexity index is 410. The summed E-state index contributed by atoms with van der Waals surface area (Å²) >= 11 is 5.79. The van der Waals surface area contributed by atoms with Crippen LogP contribution in [0.2, 0.25) is 5.02 Å². The highest BCUT2D eigenvalue weighted by atomic mass is 35.5. The Balaban J connectivity index is 2.42. The van der Waals surface area contributed by atoms with E-state index in [4.69, 9.17) is 21.1 Å². The largest absolute Gasteiger partial charge is 0.494 e. The van der Waals surface area contributed by atoms with Gasteiger partial charge in [-0.05, 0) is 58.4 Å². The Morgan fingerprint density at radius 2 is 1.84 bits per heavy atom. The lowest BCUT2D eigenvalue weighted by molar-refractivity contribution is -0.158. The van der Waals surface area contributed by atoms with Crippen LogP contribution in [0.3, 0.4) is 0 Å². The Morgan fingerprint density at radius 1 is 1.26 bits per heavy atom. The van der Waals surface area contributed by atoms with Gasteiger partial charge in [0.05, 0.1) is 18.1 Å². The fourth-order valence-electron chi connectivity index (χ4n) is 1.43. The number of hydrogen-bond donors (Lipinski definition) is 0. The summed E-state index contributed by atoms with van der Waals surface area (Å²) in [7, 11) is 0. The van der Waals surface area contributed by atoms with Crippen molar-refractivity contribution in [2.24, 2.45) is 5.41 Å². The highest BCUT2D eigenvalue weighted by Gasteiger charge is 2.29. The van der Waals surface area contributed by atoms with E-state index < -0.39 is 5.41 Å². The van der Waals surface area contributed by atoms with E-state index in [2.05, 4.69) is 0 Å². The maximum Gasteiger partial charge on any atom is 0.311 e. The van der Waals surface area contributed by atoms with Gasteiger partial charge in [-0.2, -0.15) is 0 Å². The minimum absolute atomic E-state index is 0.0936. The predicted molar refractivity (Wildman–Crippen MR) is 76.6 cm³/mol. The number of carbonyl (C=O) groups is 1. The van der Waals surface area contributed by atoms with E-state index in [9.17, 15) is 4.79 Å². The zero-order valence-corrected chi connectivity index (χ0v) is 12.7. The molecule has 0 unspecified atom stereocenters. The lowest BCUT2D eigenvalue weighted by atomic mass is 9.90. The lowest BCUT2D eigenvalue weighted by Crippen LogP contribution is -2.30. The number of halogens is 1. The van der Waals surface area contributed by atoms with Gasteiger partial charge in [0, 0.05) is 5.02 Å². The minimum atomic E-state index is -0.545. The molecule has 0 saturated carbocycles. The van der Waals surface area contributed by atoms with Gasteiger partial charge in [-0.1, -0.05) is 11.6 Å². The van der Waals surface area contributed by atoms with Crippen LogP contribution in [0.25, 0.3) is 0 Å². The van der Waals surface area contributed by atoms with E-state index in [1.165, 1.54) is 0 Å². The standard InChI is InChI=1S/C15H21ClO3/c1-11(2)19-14(17)15(3,4)9-10-18-13-7-5-12(16)6-8-13/h5-8,11H,9-10H2,1-4H3. The average Bonchev–Trinajstić information content (AvgIpc) is 2.30. The molecule has 1 rings (SSSR count). The van der Waals surface area contributed by atoms with Gasteiger partial charge in [-0.3, -0.25) is 4.79 Å². The highest BCUT2D eigenvalue weighted by molar-refractivity contribution is 6.30. The molecule has 0 aromatic heterocycles. The molecular formula is C15H21ClO3. The van der Waals surface area contributed by atoms with Crippen LogP contribution in [-0.2, 0) is 9.53 Å². The third-order valence-electron chi connectivity index (χ3n) is 2.70. The van der Waals surface area contributed by atoms with E-state index in [1.807, 2.05) is 39.8 Å². The van der Waals surface area contributed by atoms with Gasteiger partial charge < -0.3 is 9.47 Å². The van der Waals surface area contributed by atoms with E-state index in [0.29, 0.717) is 18.1 Å². The SMILES string of the molecule is CC(C)OC(=O)C(C)(C)CCOc1ccc(Cl)cc1. The average molecular weight is 285 g/mol. The summed E-state index contributed by atoms with van der Waals surface area (Å²) in [6, 6.07) is 7.16. The molecule has 3 nitrogen and oxygen atoms in total. The maximum atomic E-state index is 11.9. The van der Waals surface area contributed by atoms with E-state index in [0.717, 1.165) is 5.75 Å². The van der Waals surface area contributed by atoms with Crippen LogP contribution < -0.4 is 4.74 Å². The van der Waals surface area contributed by atoms with Crippen molar-refractivity contribution < 1.29 is 14.3 Å². The quantitative estimate of drug-likeness (QED) is 0.738. The second kappa shape index (κ2) is 6.80. The van der Waals surface area contributed by atoms with Crippen LogP contribution in [0.1, 0.15) is 34.1 Å². The molecule has 1 aromatic carbocycles. The van der Waals surface area contributed by atoms with Crippen LogP contribution in [-0.4, -0.2) is 18.7 Å². The molecule has 0 bridgehead atoms. The first-order valence-electron chi connectivity index (χ1n) is 6.41. The molecule has 0 heterocycles. The third kappa shape index (κ3) is 5.52. The zero-order chi connectivity index (χ0) is 14.5. The lowest BCUT2D eigenvalue weighted by Gasteiger charge is -2.23. The molecule has 0 aliphatic rings. The van der Waals surface area contributed by atoms with E-state index >= 15 is 0 Å². The first-order valence-corrected chi connectivity index (χ1v) is 6.78. The maximum absolute atomic E-state index is 11.9. The Hall–Kier alpha value is -1.22. The first-order chi connectivity index (χ1) is 8.81. The molecule has 19 heavy (non-hydrogen) atoms. The fraction of sp³-hybridized carbons (Fsp3) is 0.533. The van der Waals surface area contributed by atoms with Gasteiger partial charge in [0.15, 0.2) is 0 Å². The van der Waals surface area contributed by atoms with Crippen molar-refractivity contribution in [2.75, 3.05) is 6.61 Å². The van der Waals surface area contributed by atoms with Gasteiger partial charge in [0.1, 0.15) is 5.75 Å². The van der Waals surface area contributed by atoms with Crippen molar-refractivity contribution in [2.45, 2.75) is 40.2 Å². The van der Waals surface area contributed by atoms with Crippen LogP contribution in [0.4, 0.5) is 0 Å². The van der Waals surface area contributed by atoms with Crippen LogP contribution in [0.15, 0.2) is 24.3 Å². The highest BCUT2D eigenvalue weighted by Crippen LogP contribution is 2.24. The van der Waals surface area contributed by atoms with Crippen molar-refractivity contribution in [3.8, 4) is 5.75 Å². The second-order valence-corrected chi connectivity index (χ2v) is 5.83. The molecule has 0 radical (unpaired) electrons. The summed E-state index contributed by atoms with van der Waals surface area (Å²) in [6.45, 7) is 7.88. The number of carbonyl (C=O) groups excluding carboxylic acids is 1. The summed E-state index contributed by atoms with van der Waals surface area (Å²) < 4.78 is 10.8. The number of hydrogen-bond acceptors (Lipinski definition) is 3. The Labute approximate surface area is 119 Å². The molecule has 0 aliphatic heterocycles. The molecule has 0 spiro atoms. The van der Waals surface area contributed by atoms with Gasteiger partial charge in [-0.15, -0.1) is 0 Å². The number of ether oxygens (including phenoxy) is 2. The molecule has 0 saturated heterocycles. The van der Waals surface area contributed by atoms with Crippen molar-refractivity contribution in [3.05, 3.63) is 29.3 Å². The summed E-state index contributed by atoms with van der Waals surface area (Å²) in [5.74, 6) is 0.555. The molecule has 106 valence electrons. The van der Waals surface area contributed by atoms with E-state index in [-0.39, 0.29) is 12.1 Å². The zero-order valence-electron chi connectivity index (χ0n) is 11.9. The van der Waals surface area contributed by atoms with E-state index in [1.54, 1.807) is 12.1 Å². The van der Waals surface area contributed by atoms with Gasteiger partial charge in [-0.25, -0.2) is 0 Å². The fourth-order valence-corrected chi connectivity index (χ4v) is 1.56. The van der Waals surface area contributed by atoms with Crippen molar-refractivity contribution >= 4 is 17.6 Å². The minimum Gasteiger partial charge on any atom is -0.494 e. The molecule has 0 fully saturated rings. The van der Waals surface area contributed by atoms with Gasteiger partial charge in [0.25, 0.3) is 0 Å².